The lowest BCUT2D eigenvalue weighted by Gasteiger charge is -2.31. The number of amides is 9. The van der Waals surface area contributed by atoms with Gasteiger partial charge in [0.1, 0.15) is 48.7 Å². The minimum Gasteiger partial charge on any atom is -0.481 e. The number of aliphatic carboxylic acids is 3. The standard InChI is InChI=1S/C61H105N17O19/c1-40(79)77-35-42(81)33-48(77)60(95)78-36-41(80)32-47(78)59(94)70-45(22-19-26-67-61(63)64)57(92)71-46(34-52(84)85)58(93)69-44(21-16-18-28-76(37-53(86)87)38-54(88)89)56(91)68-43(55(62)90)20-15-17-25-65-51(83)39-97-31-30-96-29-27-66-50(82)24-14-12-10-8-6-4-2-3-5-7-9-11-13-23-49-72-74-75-73-49/h41-48,80-81H,2-39H2,1H3,(H2,62,90)(H,65,83)(H,66,82)(H,68,91)(H,69,93)(H,70,94)(H,71,92)(H,84,85)(H,86,87)(H,88,89)(H4,63,64,67)(H,72,73,74,75)/t41-,42-,43+,44+,45+,46+,47+,48+/m1/s1. The van der Waals surface area contributed by atoms with Crippen LogP contribution < -0.4 is 48.7 Å². The number of carbonyl (C=O) groups is 12. The molecule has 1 aromatic heterocycles. The second kappa shape index (κ2) is 47.7. The van der Waals surface area contributed by atoms with Gasteiger partial charge in [0.25, 0.3) is 0 Å². The highest BCUT2D eigenvalue weighted by Crippen LogP contribution is 2.26. The van der Waals surface area contributed by atoms with Crippen molar-refractivity contribution in [2.45, 2.75) is 222 Å². The zero-order valence-corrected chi connectivity index (χ0v) is 55.8. The SMILES string of the molecule is CC(=O)N1C[C@H](O)C[C@H]1C(=O)N1C[C@H](O)C[C@H]1C(=O)N[C@@H](CCCNC(=N)N)C(=O)N[C@@H](CC(=O)O)C(=O)N[C@@H](CCCCN(CC(=O)O)CC(=O)O)C(=O)N[C@@H](CCCCNC(=O)COCCOCCNC(=O)CCCCCCCCCCCCCCCc1nnn[nH]1)C(N)=O. The molecule has 0 aromatic carbocycles. The maximum atomic E-state index is 14.2. The second-order valence-corrected chi connectivity index (χ2v) is 24.5. The number of guanidine groups is 1. The van der Waals surface area contributed by atoms with E-state index >= 15 is 0 Å². The van der Waals surface area contributed by atoms with Gasteiger partial charge in [-0.15, -0.1) is 5.10 Å². The number of ether oxygens (including phenoxy) is 2. The average molecular weight is 1380 g/mol. The number of nitrogens with two attached hydrogens (primary N) is 2. The topological polar surface area (TPSA) is 549 Å². The summed E-state index contributed by atoms with van der Waals surface area (Å²) in [6.07, 6.45) is 12.7. The van der Waals surface area contributed by atoms with E-state index in [-0.39, 0.29) is 123 Å². The summed E-state index contributed by atoms with van der Waals surface area (Å²) < 4.78 is 10.9. The molecule has 2 fully saturated rings. The fraction of sp³-hybridized carbons (Fsp3) is 0.770. The maximum Gasteiger partial charge on any atom is 0.317 e. The number of aliphatic hydroxyl groups is 2. The number of carbonyl (C=O) groups excluding carboxylic acids is 9. The molecule has 2 saturated heterocycles. The number of H-pyrrole nitrogens is 1. The van der Waals surface area contributed by atoms with Crippen LogP contribution in [0.3, 0.4) is 0 Å². The highest BCUT2D eigenvalue weighted by Gasteiger charge is 2.47. The number of aromatic amines is 1. The number of primary amides is 1. The van der Waals surface area contributed by atoms with Crippen LogP contribution in [0.15, 0.2) is 0 Å². The van der Waals surface area contributed by atoms with Crippen LogP contribution in [0.4, 0.5) is 0 Å². The number of nitrogens with zero attached hydrogens (tertiary/aromatic N) is 6. The van der Waals surface area contributed by atoms with Gasteiger partial charge in [-0.25, -0.2) is 5.10 Å². The molecule has 0 spiro atoms. The quantitative estimate of drug-likeness (QED) is 0.0180. The number of nitrogens with one attached hydrogen (secondary N) is 9. The van der Waals surface area contributed by atoms with Crippen LogP contribution in [-0.2, 0) is 73.4 Å². The van der Waals surface area contributed by atoms with Crippen LogP contribution in [0.5, 0.6) is 0 Å². The summed E-state index contributed by atoms with van der Waals surface area (Å²) in [6, 6.07) is -9.07. The van der Waals surface area contributed by atoms with E-state index in [1.807, 2.05) is 0 Å². The van der Waals surface area contributed by atoms with E-state index in [4.69, 9.17) is 26.4 Å². The first-order chi connectivity index (χ1) is 46.3. The number of aromatic nitrogens is 4. The molecule has 9 amide bonds. The molecular weight excluding hydrogens is 1270 g/mol. The molecule has 2 aliphatic rings. The lowest BCUT2D eigenvalue weighted by atomic mass is 10.0. The van der Waals surface area contributed by atoms with Gasteiger partial charge in [-0.2, -0.15) is 0 Å². The van der Waals surface area contributed by atoms with E-state index in [1.54, 1.807) is 0 Å². The van der Waals surface area contributed by atoms with Crippen LogP contribution in [0.25, 0.3) is 0 Å². The van der Waals surface area contributed by atoms with Gasteiger partial charge >= 0.3 is 17.9 Å². The largest absolute Gasteiger partial charge is 0.481 e. The number of unbranched alkanes of at least 4 members (excludes halogenated alkanes) is 14. The first-order valence-corrected chi connectivity index (χ1v) is 33.7. The lowest BCUT2D eigenvalue weighted by Crippen LogP contribution is -2.59. The van der Waals surface area contributed by atoms with E-state index in [0.717, 1.165) is 52.6 Å². The van der Waals surface area contributed by atoms with Crippen LogP contribution in [-0.4, -0.2) is 265 Å². The highest BCUT2D eigenvalue weighted by atomic mass is 16.5. The third kappa shape index (κ3) is 36.1. The zero-order chi connectivity index (χ0) is 71.5. The van der Waals surface area contributed by atoms with Crippen molar-refractivity contribution in [3.63, 3.8) is 0 Å². The van der Waals surface area contributed by atoms with Crippen molar-refractivity contribution in [2.24, 2.45) is 11.5 Å². The van der Waals surface area contributed by atoms with E-state index in [1.165, 1.54) is 64.7 Å². The smallest absolute Gasteiger partial charge is 0.317 e. The Morgan fingerprint density at radius 3 is 1.68 bits per heavy atom. The molecule has 0 bridgehead atoms. The summed E-state index contributed by atoms with van der Waals surface area (Å²) in [5.74, 6) is -10.9. The number of likely N-dealkylation sites (tertiary alicyclic amines) is 2. The fourth-order valence-electron chi connectivity index (χ4n) is 11.3. The van der Waals surface area contributed by atoms with Gasteiger partial charge in [0.2, 0.25) is 53.2 Å². The normalized spacial score (nSPS) is 17.1. The third-order valence-corrected chi connectivity index (χ3v) is 16.3. The number of aryl methyl sites for hydroxylation is 1. The number of tetrazole rings is 1. The summed E-state index contributed by atoms with van der Waals surface area (Å²) in [5, 5.41) is 88.7. The Balaban J connectivity index is 1.48. The van der Waals surface area contributed by atoms with Crippen LogP contribution in [0, 0.1) is 5.41 Å². The predicted octanol–water partition coefficient (Wildman–Crippen LogP) is -2.61. The Labute approximate surface area is 564 Å². The van der Waals surface area contributed by atoms with Gasteiger partial charge in [0, 0.05) is 65.3 Å². The second-order valence-electron chi connectivity index (χ2n) is 24.5. The molecule has 0 unspecified atom stereocenters. The molecule has 36 heteroatoms. The molecule has 36 nitrogen and oxygen atoms in total. The molecule has 18 N–H and O–H groups in total. The number of hydrogen-bond acceptors (Lipinski definition) is 21. The van der Waals surface area contributed by atoms with Crippen molar-refractivity contribution in [3.8, 4) is 0 Å². The average Bonchev–Trinajstić information content (AvgIpc) is 1.66. The zero-order valence-electron chi connectivity index (χ0n) is 55.8. The van der Waals surface area contributed by atoms with Crippen molar-refractivity contribution < 1.29 is 92.5 Å². The number of carboxylic acid groups (broad SMARTS) is 3. The first-order valence-electron chi connectivity index (χ1n) is 33.7. The minimum atomic E-state index is -1.96. The molecule has 97 heavy (non-hydrogen) atoms. The van der Waals surface area contributed by atoms with Crippen molar-refractivity contribution >= 4 is 77.0 Å². The summed E-state index contributed by atoms with van der Waals surface area (Å²) in [4.78, 5) is 158. The molecule has 548 valence electrons. The Bertz CT molecular complexity index is 2630. The molecule has 2 aliphatic heterocycles. The number of aliphatic hydroxyl groups excluding tert-OH is 2. The first kappa shape index (κ1) is 83.0. The number of hydrogen-bond donors (Lipinski definition) is 16. The molecular formula is C61H105N17O19. The number of carboxylic acids is 3. The Morgan fingerprint density at radius 1 is 0.577 bits per heavy atom. The van der Waals surface area contributed by atoms with Crippen molar-refractivity contribution in [2.75, 3.05) is 78.8 Å². The van der Waals surface area contributed by atoms with Crippen LogP contribution >= 0.6 is 0 Å². The molecule has 3 rings (SSSR count). The van der Waals surface area contributed by atoms with Crippen LogP contribution in [0.2, 0.25) is 0 Å². The Hall–Kier alpha value is -8.22. The lowest BCUT2D eigenvalue weighted by molar-refractivity contribution is -0.146. The highest BCUT2D eigenvalue weighted by molar-refractivity contribution is 5.98. The fourth-order valence-corrected chi connectivity index (χ4v) is 11.3. The molecule has 0 radical (unpaired) electrons. The molecule has 3 heterocycles. The van der Waals surface area contributed by atoms with E-state index in [0.29, 0.717) is 19.4 Å². The molecule has 8 atom stereocenters. The Morgan fingerprint density at radius 2 is 1.09 bits per heavy atom. The van der Waals surface area contributed by atoms with Gasteiger partial charge in [-0.1, -0.05) is 70.6 Å². The molecule has 0 saturated carbocycles. The van der Waals surface area contributed by atoms with E-state index in [9.17, 15) is 83.1 Å². The maximum absolute atomic E-state index is 14.2. The Kier molecular flexibility index (Phi) is 40.8. The monoisotopic (exact) mass is 1380 g/mol. The minimum absolute atomic E-state index is 0.00340. The predicted molar refractivity (Wildman–Crippen MR) is 346 cm³/mol. The number of rotatable bonds is 54. The third-order valence-electron chi connectivity index (χ3n) is 16.3. The summed E-state index contributed by atoms with van der Waals surface area (Å²) >= 11 is 0. The van der Waals surface area contributed by atoms with Gasteiger partial charge in [0.05, 0.1) is 51.5 Å². The number of β-amino-alcohol motifs (C(OH)–C–C–N with tert-alkyl or cyclic N) is 2. The van der Waals surface area contributed by atoms with Gasteiger partial charge in [-0.05, 0) is 81.2 Å². The van der Waals surface area contributed by atoms with Gasteiger partial charge in [0.15, 0.2) is 5.96 Å². The van der Waals surface area contributed by atoms with Crippen molar-refractivity contribution in [3.05, 3.63) is 5.82 Å². The van der Waals surface area contributed by atoms with Crippen molar-refractivity contribution in [1.82, 2.24) is 72.5 Å². The molecule has 0 aliphatic carbocycles. The molecule has 1 aromatic rings. The van der Waals surface area contributed by atoms with Crippen LogP contribution in [0.1, 0.15) is 173 Å². The van der Waals surface area contributed by atoms with Gasteiger partial charge < -0.3 is 93.5 Å². The summed E-state index contributed by atoms with van der Waals surface area (Å²) in [7, 11) is 0. The summed E-state index contributed by atoms with van der Waals surface area (Å²) in [6.45, 7) is 0.0548. The van der Waals surface area contributed by atoms with Crippen molar-refractivity contribution in [1.29, 1.82) is 5.41 Å². The van der Waals surface area contributed by atoms with E-state index < -0.39 is 139 Å². The van der Waals surface area contributed by atoms with Gasteiger partial charge in [-0.3, -0.25) is 67.8 Å². The van der Waals surface area contributed by atoms with E-state index in [2.05, 4.69) is 57.8 Å². The summed E-state index contributed by atoms with van der Waals surface area (Å²) in [5.41, 5.74) is 11.1.